The number of nitrogens with zero attached hydrogens (tertiary/aromatic N) is 20. The molecule has 11 heterocycles. The molecule has 0 aliphatic carbocycles. The number of amides is 10. The van der Waals surface area contributed by atoms with E-state index in [4.69, 9.17) is 10.5 Å². The maximum atomic E-state index is 13.0. The minimum Gasteiger partial charge on any atom is -0.348 e. The van der Waals surface area contributed by atoms with Crippen molar-refractivity contribution in [1.82, 2.24) is 88.2 Å². The van der Waals surface area contributed by atoms with Crippen LogP contribution in [0.25, 0.3) is 0 Å². The molecule has 33 heteroatoms. The summed E-state index contributed by atoms with van der Waals surface area (Å²) in [6.07, 6.45) is 19.4. The van der Waals surface area contributed by atoms with Gasteiger partial charge >= 0.3 is 0 Å². The number of unbranched alkanes of at least 4 members (excludes halogenated alkanes) is 1. The zero-order valence-electron chi connectivity index (χ0n) is 92.9. The van der Waals surface area contributed by atoms with Crippen LogP contribution in [0.2, 0.25) is 0 Å². The molecular formula is C108H198F2N20O10S. The maximum Gasteiger partial charge on any atom is 0.257 e. The van der Waals surface area contributed by atoms with Gasteiger partial charge in [0, 0.05) is 304 Å². The summed E-state index contributed by atoms with van der Waals surface area (Å²) in [5.74, 6) is 5.85. The molecule has 10 amide bonds. The molecule has 11 aliphatic heterocycles. The van der Waals surface area contributed by atoms with E-state index in [-0.39, 0.29) is 64.8 Å². The normalized spacial score (nSPS) is 20.1. The fraction of sp³-hybridized carbons (Fsp3) is 0.889. The summed E-state index contributed by atoms with van der Waals surface area (Å²) in [7, 11) is 11.4. The Hall–Kier alpha value is -6.43. The summed E-state index contributed by atoms with van der Waals surface area (Å²) >= 11 is 2.07. The van der Waals surface area contributed by atoms with E-state index < -0.39 is 5.92 Å². The highest BCUT2D eigenvalue weighted by Crippen LogP contribution is 2.30. The standard InChI is InChI=1S/C20H38N4O2.C16H29N3O2.C16H29N3O.C15H27N3O2.C14H26F2N2O.C14H26N2OS.C13H23N3O/c1-20(2,3)14-18(25)24-8-6-17(7-9-24)15-22-10-12-23(13-11-22)16-19(26)21(4)5;1-13(2)11-15(20)19-9-5-14(6-10-19)17(3)12-16(21)18-7-4-8-18;1-13(2)10-15(20)19-8-6-14(7-9-19)18(5)12-16(3,4)11-17;1-12(2)10-14(19)17-6-4-13(5-7-17)18-9-8-16(3)15(20)11-18;1-11(2)9-13(19)18-7-5-12(6-8-18)17(4)10-14(3,15)16;1-12(2)11-14(17)16-5-3-13(4-6-16)15-7-9-18-10-8-15;1-12(2)11-13(17)16-9-7-15(8-10-16)6-4-3-5-14/h17H,6-16H2,1-5H3;13-14H,4-12H2,1-3H3;13-14H,6-10,12H2,1-5H3;12-13H,4-11H2,1-3H3;11-12H,5-10H2,1-4H3;12-13H,3-11H2,1-2H3;12H,3-4,6-11H2,1-2H3. The van der Waals surface area contributed by atoms with Gasteiger partial charge in [-0.25, -0.2) is 8.78 Å². The number of piperidine rings is 6. The van der Waals surface area contributed by atoms with Gasteiger partial charge in [0.05, 0.1) is 43.7 Å². The fourth-order valence-electron chi connectivity index (χ4n) is 20.3. The van der Waals surface area contributed by atoms with Gasteiger partial charge in [-0.3, -0.25) is 77.3 Å². The molecule has 11 aliphatic rings. The monoisotopic (exact) mass is 2010 g/mol. The van der Waals surface area contributed by atoms with Gasteiger partial charge in [-0.1, -0.05) is 104 Å². The molecule has 141 heavy (non-hydrogen) atoms. The van der Waals surface area contributed by atoms with E-state index in [9.17, 15) is 56.7 Å². The van der Waals surface area contributed by atoms with Crippen LogP contribution in [0.4, 0.5) is 8.78 Å². The molecule has 0 aromatic rings. The molecule has 0 aromatic heterocycles. The second kappa shape index (κ2) is 64.0. The summed E-state index contributed by atoms with van der Waals surface area (Å²) in [6.45, 7) is 64.5. The van der Waals surface area contributed by atoms with E-state index >= 15 is 0 Å². The number of hydrogen-bond acceptors (Lipinski definition) is 21. The van der Waals surface area contributed by atoms with E-state index in [0.717, 1.165) is 254 Å². The van der Waals surface area contributed by atoms with Gasteiger partial charge < -0.3 is 58.8 Å². The SMILES string of the molecule is CC(C)CC(=O)N1CCC(N(C)CC(=O)N2CCC2)CC1.CC(C)CC(=O)N1CCC(N(C)CC(C)(C)C#N)CC1.CC(C)CC(=O)N1CCC(N(C)CC(C)(F)F)CC1.CC(C)CC(=O)N1CCC(N2CCN(C)C(=O)C2)CC1.CC(C)CC(=O)N1CCC(N2CCSCC2)CC1.CC(C)CC(=O)N1CCN(CCCC#N)CC1.CN(C)C(=O)CN1CCN(CC2CCN(C(=O)CC(C)(C)C)CC2)CC1. The smallest absolute Gasteiger partial charge is 0.257 e. The molecule has 0 atom stereocenters. The first-order chi connectivity index (χ1) is 66.3. The Morgan fingerprint density at radius 3 is 1.09 bits per heavy atom. The van der Waals surface area contributed by atoms with Crippen LogP contribution in [-0.4, -0.2) is 453 Å². The lowest BCUT2D eigenvalue weighted by Crippen LogP contribution is -2.55. The number of halogens is 2. The quantitative estimate of drug-likeness (QED) is 0.0583. The number of alkyl halides is 2. The van der Waals surface area contributed by atoms with E-state index in [1.165, 1.54) is 37.4 Å². The molecule has 11 fully saturated rings. The third-order valence-corrected chi connectivity index (χ3v) is 30.0. The van der Waals surface area contributed by atoms with Crippen molar-refractivity contribution in [3.05, 3.63) is 0 Å². The van der Waals surface area contributed by atoms with Gasteiger partial charge in [0.2, 0.25) is 59.1 Å². The Labute approximate surface area is 857 Å². The van der Waals surface area contributed by atoms with Crippen LogP contribution < -0.4 is 0 Å². The average molecular weight is 2010 g/mol. The van der Waals surface area contributed by atoms with Crippen molar-refractivity contribution in [2.24, 2.45) is 52.3 Å². The van der Waals surface area contributed by atoms with Crippen LogP contribution in [0.3, 0.4) is 0 Å². The second-order valence-electron chi connectivity index (χ2n) is 47.0. The van der Waals surface area contributed by atoms with Gasteiger partial charge in [-0.05, 0) is 178 Å². The van der Waals surface area contributed by atoms with E-state index in [1.54, 1.807) is 21.7 Å². The minimum atomic E-state index is -2.65. The number of likely N-dealkylation sites (tertiary alicyclic amines) is 7. The molecule has 0 spiro atoms. The number of carbonyl (C=O) groups excluding carboxylic acids is 10. The van der Waals surface area contributed by atoms with Crippen molar-refractivity contribution in [3.8, 4) is 12.1 Å². The summed E-state index contributed by atoms with van der Waals surface area (Å²) in [5.41, 5.74) is -0.235. The number of thioether (sulfide) groups is 1. The number of piperazine rings is 3. The predicted molar refractivity (Wildman–Crippen MR) is 565 cm³/mol. The van der Waals surface area contributed by atoms with Gasteiger partial charge in [-0.2, -0.15) is 22.3 Å². The number of nitriles is 2. The first-order valence-electron chi connectivity index (χ1n) is 54.5. The van der Waals surface area contributed by atoms with E-state index in [0.29, 0.717) is 161 Å². The molecule has 0 aromatic carbocycles. The molecule has 0 N–H and O–H groups in total. The van der Waals surface area contributed by atoms with Gasteiger partial charge in [-0.15, -0.1) is 0 Å². The molecule has 11 rings (SSSR count). The zero-order valence-corrected chi connectivity index (χ0v) is 93.7. The lowest BCUT2D eigenvalue weighted by molar-refractivity contribution is -0.138. The number of hydrogen-bond donors (Lipinski definition) is 0. The third kappa shape index (κ3) is 49.8. The summed E-state index contributed by atoms with van der Waals surface area (Å²) < 4.78 is 25.9. The average Bonchev–Trinajstić information content (AvgIpc) is 0.820. The Balaban J connectivity index is 0.000000291. The highest BCUT2D eigenvalue weighted by molar-refractivity contribution is 7.99. The Bertz CT molecular complexity index is 3740. The topological polar surface area (TPSA) is 277 Å². The summed E-state index contributed by atoms with van der Waals surface area (Å²) in [5, 5.41) is 17.6. The van der Waals surface area contributed by atoms with E-state index in [2.05, 4.69) is 165 Å². The lowest BCUT2D eigenvalue weighted by atomic mass is 9.90. The zero-order chi connectivity index (χ0) is 105. The van der Waals surface area contributed by atoms with Crippen molar-refractivity contribution >= 4 is 70.8 Å². The van der Waals surface area contributed by atoms with Crippen molar-refractivity contribution < 1.29 is 56.7 Å². The highest BCUT2D eigenvalue weighted by atomic mass is 32.2. The van der Waals surface area contributed by atoms with Crippen LogP contribution in [0.15, 0.2) is 0 Å². The first kappa shape index (κ1) is 125. The molecular weight excluding hydrogens is 1810 g/mol. The summed E-state index contributed by atoms with van der Waals surface area (Å²) in [6, 6.07) is 6.80. The maximum absolute atomic E-state index is 13.0. The Morgan fingerprint density at radius 1 is 0.397 bits per heavy atom. The molecule has 810 valence electrons. The Kier molecular flexibility index (Phi) is 56.7. The van der Waals surface area contributed by atoms with Crippen molar-refractivity contribution in [3.63, 3.8) is 0 Å². The van der Waals surface area contributed by atoms with Crippen molar-refractivity contribution in [1.29, 1.82) is 10.5 Å². The summed E-state index contributed by atoms with van der Waals surface area (Å²) in [4.78, 5) is 157. The van der Waals surface area contributed by atoms with Gasteiger partial charge in [0.1, 0.15) is 0 Å². The minimum absolute atomic E-state index is 0.0710. The van der Waals surface area contributed by atoms with Gasteiger partial charge in [0.15, 0.2) is 0 Å². The molecule has 0 unspecified atom stereocenters. The van der Waals surface area contributed by atoms with Crippen LogP contribution in [0.1, 0.15) is 266 Å². The van der Waals surface area contributed by atoms with Crippen molar-refractivity contribution in [2.45, 2.75) is 302 Å². The second-order valence-corrected chi connectivity index (χ2v) is 48.3. The highest BCUT2D eigenvalue weighted by Gasteiger charge is 2.38. The van der Waals surface area contributed by atoms with Crippen molar-refractivity contribution in [2.75, 3.05) is 270 Å². The molecule has 0 bridgehead atoms. The van der Waals surface area contributed by atoms with Crippen LogP contribution in [-0.2, 0) is 47.9 Å². The number of carbonyl (C=O) groups is 10. The lowest BCUT2D eigenvalue weighted by Gasteiger charge is -2.41. The van der Waals surface area contributed by atoms with Crippen LogP contribution in [0.5, 0.6) is 0 Å². The van der Waals surface area contributed by atoms with E-state index in [1.807, 2.05) is 85.3 Å². The van der Waals surface area contributed by atoms with Crippen LogP contribution >= 0.6 is 11.8 Å². The largest absolute Gasteiger partial charge is 0.348 e. The fourth-order valence-corrected chi connectivity index (χ4v) is 21.2. The molecule has 0 radical (unpaired) electrons. The Morgan fingerprint density at radius 2 is 0.738 bits per heavy atom. The number of likely N-dealkylation sites (N-methyl/N-ethyl adjacent to an activating group) is 3. The predicted octanol–water partition coefficient (Wildman–Crippen LogP) is 12.0. The number of rotatable bonds is 31. The molecule has 11 saturated heterocycles. The van der Waals surface area contributed by atoms with Gasteiger partial charge in [0.25, 0.3) is 5.92 Å². The molecule has 0 saturated carbocycles. The first-order valence-corrected chi connectivity index (χ1v) is 55.6. The molecule has 30 nitrogen and oxygen atoms in total. The van der Waals surface area contributed by atoms with Crippen LogP contribution in [0, 0.1) is 74.9 Å². The third-order valence-electron chi connectivity index (χ3n) is 29.1.